The second-order valence-corrected chi connectivity index (χ2v) is 7.73. The number of amides is 1. The third kappa shape index (κ3) is 14.8. The number of carboxylic acid groups (broad SMARTS) is 1. The molecule has 0 aromatic carbocycles. The summed E-state index contributed by atoms with van der Waals surface area (Å²) >= 11 is 0. The number of carboxylic acids is 1. The van der Waals surface area contributed by atoms with Crippen LogP contribution in [0.5, 0.6) is 0 Å². The van der Waals surface area contributed by atoms with Crippen molar-refractivity contribution in [3.8, 4) is 0 Å². The van der Waals surface area contributed by atoms with Gasteiger partial charge in [-0.05, 0) is 41.5 Å². The van der Waals surface area contributed by atoms with Gasteiger partial charge in [0.15, 0.2) is 6.04 Å². The fraction of sp³-hybridized carbons (Fsp3) is 0.810. The zero-order valence-corrected chi connectivity index (χ0v) is 18.2. The van der Waals surface area contributed by atoms with Gasteiger partial charge in [0.25, 0.3) is 0 Å². The smallest absolute Gasteiger partial charge is 0.329 e. The average molecular weight is 402 g/mol. The Morgan fingerprint density at radius 2 is 1.37 bits per heavy atom. The lowest BCUT2D eigenvalue weighted by atomic mass is 10.1. The molecule has 1 amide bonds. The van der Waals surface area contributed by atoms with Crippen LogP contribution in [0.3, 0.4) is 0 Å². The van der Waals surface area contributed by atoms with Gasteiger partial charge in [0.2, 0.25) is 5.91 Å². The van der Waals surface area contributed by atoms with Crippen LogP contribution in [0.1, 0.15) is 96.8 Å². The number of aliphatic hydroxyl groups excluding tert-OH is 1. The van der Waals surface area contributed by atoms with E-state index in [-0.39, 0.29) is 5.91 Å². The number of aliphatic carboxylic acids is 1. The van der Waals surface area contributed by atoms with Crippen LogP contribution >= 0.6 is 9.39 Å². The average Bonchev–Trinajstić information content (AvgIpc) is 2.64. The number of aliphatic hydroxyl groups is 1. The molecule has 0 aliphatic carbocycles. The lowest BCUT2D eigenvalue weighted by molar-refractivity contribution is -0.147. The predicted molar refractivity (Wildman–Crippen MR) is 115 cm³/mol. The van der Waals surface area contributed by atoms with Crippen LogP contribution in [0, 0.1) is 0 Å². The molecule has 0 aromatic heterocycles. The van der Waals surface area contributed by atoms with E-state index in [4.69, 9.17) is 10.2 Å². The van der Waals surface area contributed by atoms with Gasteiger partial charge in [0.1, 0.15) is 0 Å². The summed E-state index contributed by atoms with van der Waals surface area (Å²) in [4.78, 5) is 22.8. The number of carbonyl (C=O) groups is 2. The minimum absolute atomic E-state index is 0.251. The van der Waals surface area contributed by atoms with Crippen molar-refractivity contribution in [2.45, 2.75) is 103 Å². The topological polar surface area (TPSA) is 77.8 Å². The SMILES string of the molecule is CCCCCCCC/C=C\CCCCCCCC(=O)N(P)C(CO)C(=O)O. The summed E-state index contributed by atoms with van der Waals surface area (Å²) in [5.74, 6) is -1.44. The number of hydrogen-bond acceptors (Lipinski definition) is 3. The molecule has 0 heterocycles. The second-order valence-electron chi connectivity index (χ2n) is 7.17. The lowest BCUT2D eigenvalue weighted by Crippen LogP contribution is -2.41. The summed E-state index contributed by atoms with van der Waals surface area (Å²) in [6.45, 7) is 1.67. The predicted octanol–water partition coefficient (Wildman–Crippen LogP) is 5.09. The van der Waals surface area contributed by atoms with E-state index >= 15 is 0 Å². The number of hydrogen-bond donors (Lipinski definition) is 2. The van der Waals surface area contributed by atoms with Crippen LogP contribution in [0.15, 0.2) is 12.2 Å². The second kappa shape index (κ2) is 18.4. The third-order valence-corrected chi connectivity index (χ3v) is 5.38. The minimum Gasteiger partial charge on any atom is -0.480 e. The Bertz CT molecular complexity index is 415. The van der Waals surface area contributed by atoms with Crippen LogP contribution in [-0.2, 0) is 9.59 Å². The third-order valence-electron chi connectivity index (χ3n) is 4.73. The van der Waals surface area contributed by atoms with Crippen molar-refractivity contribution in [1.29, 1.82) is 0 Å². The van der Waals surface area contributed by atoms with Gasteiger partial charge in [-0.25, -0.2) is 4.79 Å². The van der Waals surface area contributed by atoms with Crippen molar-refractivity contribution in [2.24, 2.45) is 0 Å². The van der Waals surface area contributed by atoms with E-state index in [1.165, 1.54) is 51.4 Å². The first kappa shape index (κ1) is 26.1. The van der Waals surface area contributed by atoms with Crippen molar-refractivity contribution >= 4 is 21.3 Å². The van der Waals surface area contributed by atoms with Crippen LogP contribution in [0.4, 0.5) is 0 Å². The Morgan fingerprint density at radius 1 is 0.889 bits per heavy atom. The van der Waals surface area contributed by atoms with Crippen molar-refractivity contribution in [3.63, 3.8) is 0 Å². The molecule has 0 aliphatic rings. The molecule has 0 fully saturated rings. The van der Waals surface area contributed by atoms with Crippen molar-refractivity contribution in [1.82, 2.24) is 4.67 Å². The summed E-state index contributed by atoms with van der Waals surface area (Å²) in [5.41, 5.74) is 0. The van der Waals surface area contributed by atoms with Gasteiger partial charge >= 0.3 is 5.97 Å². The van der Waals surface area contributed by atoms with Gasteiger partial charge < -0.3 is 14.9 Å². The first-order valence-electron chi connectivity index (χ1n) is 10.6. The van der Waals surface area contributed by atoms with Crippen LogP contribution in [0.25, 0.3) is 0 Å². The highest BCUT2D eigenvalue weighted by Gasteiger charge is 2.25. The minimum atomic E-state index is -1.19. The Labute approximate surface area is 167 Å². The van der Waals surface area contributed by atoms with E-state index in [9.17, 15) is 9.59 Å². The molecule has 0 rings (SSSR count). The van der Waals surface area contributed by atoms with E-state index in [1.807, 2.05) is 0 Å². The maximum absolute atomic E-state index is 11.9. The molecule has 0 saturated carbocycles. The summed E-state index contributed by atoms with van der Waals surface area (Å²) in [5, 5.41) is 17.9. The van der Waals surface area contributed by atoms with E-state index in [2.05, 4.69) is 28.5 Å². The van der Waals surface area contributed by atoms with Gasteiger partial charge in [-0.1, -0.05) is 70.4 Å². The maximum atomic E-state index is 11.9. The fourth-order valence-corrected chi connectivity index (χ4v) is 3.29. The normalized spacial score (nSPS) is 12.4. The number of nitrogens with zero attached hydrogens (tertiary/aromatic N) is 1. The molecule has 6 heteroatoms. The fourth-order valence-electron chi connectivity index (χ4n) is 2.93. The van der Waals surface area contributed by atoms with Crippen LogP contribution in [-0.4, -0.2) is 39.4 Å². The number of allylic oxidation sites excluding steroid dienone is 2. The number of carbonyl (C=O) groups excluding carboxylic acids is 1. The molecule has 158 valence electrons. The van der Waals surface area contributed by atoms with Gasteiger partial charge in [0, 0.05) is 6.42 Å². The molecule has 2 unspecified atom stereocenters. The van der Waals surface area contributed by atoms with Gasteiger partial charge in [-0.3, -0.25) is 4.79 Å². The van der Waals surface area contributed by atoms with Gasteiger partial charge in [0.05, 0.1) is 6.61 Å². The largest absolute Gasteiger partial charge is 0.480 e. The maximum Gasteiger partial charge on any atom is 0.329 e. The van der Waals surface area contributed by atoms with E-state index in [1.54, 1.807) is 0 Å². The Kier molecular flexibility index (Phi) is 17.8. The van der Waals surface area contributed by atoms with Crippen molar-refractivity contribution < 1.29 is 19.8 Å². The summed E-state index contributed by atoms with van der Waals surface area (Å²) in [7, 11) is 2.11. The monoisotopic (exact) mass is 401 g/mol. The number of unbranched alkanes of at least 4 members (excludes halogenated alkanes) is 11. The number of rotatable bonds is 18. The Hall–Kier alpha value is -0.930. The highest BCUT2D eigenvalue weighted by molar-refractivity contribution is 7.14. The molecule has 0 bridgehead atoms. The zero-order chi connectivity index (χ0) is 20.3. The summed E-state index contributed by atoms with van der Waals surface area (Å²) in [6, 6.07) is -1.18. The molecule has 0 aliphatic heterocycles. The molecule has 2 N–H and O–H groups in total. The Morgan fingerprint density at radius 3 is 1.85 bits per heavy atom. The summed E-state index contributed by atoms with van der Waals surface area (Å²) < 4.78 is 1.05. The van der Waals surface area contributed by atoms with Gasteiger partial charge in [-0.15, -0.1) is 0 Å². The van der Waals surface area contributed by atoms with E-state index < -0.39 is 18.6 Å². The molecule has 0 aromatic rings. The molecular formula is C21H40NO4P. The molecule has 0 radical (unpaired) electrons. The lowest BCUT2D eigenvalue weighted by Gasteiger charge is -2.22. The highest BCUT2D eigenvalue weighted by atomic mass is 31.0. The molecule has 0 spiro atoms. The van der Waals surface area contributed by atoms with E-state index in [0.717, 1.165) is 36.8 Å². The molecule has 2 atom stereocenters. The van der Waals surface area contributed by atoms with Crippen LogP contribution < -0.4 is 0 Å². The molecule has 5 nitrogen and oxygen atoms in total. The zero-order valence-electron chi connectivity index (χ0n) is 17.1. The standard InChI is InChI=1S/C21H40NO4P/c1-2-3-4-5-6-7-8-9-10-11-12-13-14-15-16-17-20(24)22(27)19(18-23)21(25)26/h9-10,19,23H,2-8,11-18,27H2,1H3,(H,25,26)/b10-9-. The first-order valence-corrected chi connectivity index (χ1v) is 11.1. The first-order chi connectivity index (χ1) is 13.0. The molecule has 27 heavy (non-hydrogen) atoms. The highest BCUT2D eigenvalue weighted by Crippen LogP contribution is 2.14. The van der Waals surface area contributed by atoms with E-state index in [0.29, 0.717) is 6.42 Å². The van der Waals surface area contributed by atoms with Crippen molar-refractivity contribution in [2.75, 3.05) is 6.61 Å². The van der Waals surface area contributed by atoms with Gasteiger partial charge in [-0.2, -0.15) is 0 Å². The summed E-state index contributed by atoms with van der Waals surface area (Å²) in [6.07, 6.45) is 20.5. The molecule has 0 saturated heterocycles. The molecular weight excluding hydrogens is 361 g/mol. The van der Waals surface area contributed by atoms with Crippen molar-refractivity contribution in [3.05, 3.63) is 12.2 Å². The quantitative estimate of drug-likeness (QED) is 0.191. The van der Waals surface area contributed by atoms with Crippen LogP contribution in [0.2, 0.25) is 0 Å². The Balaban J connectivity index is 3.50.